The second kappa shape index (κ2) is 7.46. The molecule has 0 saturated carbocycles. The first kappa shape index (κ1) is 17.8. The summed E-state index contributed by atoms with van der Waals surface area (Å²) >= 11 is 6.14. The normalized spacial score (nSPS) is 20.4. The minimum absolute atomic E-state index is 0.0293. The number of halogens is 1. The van der Waals surface area contributed by atoms with E-state index in [1.807, 2.05) is 30.3 Å². The van der Waals surface area contributed by atoms with Crippen molar-refractivity contribution in [3.8, 4) is 11.5 Å². The van der Waals surface area contributed by atoms with Crippen molar-refractivity contribution in [2.75, 3.05) is 7.11 Å². The summed E-state index contributed by atoms with van der Waals surface area (Å²) in [5, 5.41) is 14.4. The van der Waals surface area contributed by atoms with Crippen LogP contribution < -0.4 is 10.1 Å². The first-order chi connectivity index (χ1) is 12.0. The summed E-state index contributed by atoms with van der Waals surface area (Å²) in [4.78, 5) is 4.89. The fourth-order valence-electron chi connectivity index (χ4n) is 3.06. The fraction of sp³-hybridized carbons (Fsp3) is 0.350. The summed E-state index contributed by atoms with van der Waals surface area (Å²) in [6.45, 7) is 4.26. The van der Waals surface area contributed by atoms with Crippen LogP contribution in [0.1, 0.15) is 37.4 Å². The lowest BCUT2D eigenvalue weighted by atomic mass is 9.93. The number of ether oxygens (including phenoxy) is 1. The van der Waals surface area contributed by atoms with Crippen molar-refractivity contribution in [1.82, 2.24) is 5.32 Å². The van der Waals surface area contributed by atoms with Crippen molar-refractivity contribution in [2.45, 2.75) is 32.5 Å². The first-order valence-electron chi connectivity index (χ1n) is 8.43. The van der Waals surface area contributed by atoms with E-state index in [-0.39, 0.29) is 18.0 Å². The fourth-order valence-corrected chi connectivity index (χ4v) is 3.24. The minimum atomic E-state index is -0.0511. The Morgan fingerprint density at radius 1 is 1.24 bits per heavy atom. The van der Waals surface area contributed by atoms with Gasteiger partial charge in [-0.05, 0) is 41.8 Å². The van der Waals surface area contributed by atoms with Gasteiger partial charge >= 0.3 is 0 Å². The smallest absolute Gasteiger partial charge is 0.120 e. The molecule has 5 heteroatoms. The topological polar surface area (TPSA) is 53.8 Å². The molecule has 0 spiro atoms. The average molecular weight is 359 g/mol. The van der Waals surface area contributed by atoms with E-state index in [1.54, 1.807) is 19.2 Å². The van der Waals surface area contributed by atoms with Gasteiger partial charge in [0.15, 0.2) is 0 Å². The second-order valence-corrected chi connectivity index (χ2v) is 7.06. The summed E-state index contributed by atoms with van der Waals surface area (Å²) in [5.74, 6) is 1.38. The predicted molar refractivity (Wildman–Crippen MR) is 102 cm³/mol. The van der Waals surface area contributed by atoms with E-state index in [2.05, 4.69) is 19.2 Å². The lowest BCUT2D eigenvalue weighted by Gasteiger charge is -2.32. The molecule has 132 valence electrons. The first-order valence-corrected chi connectivity index (χ1v) is 8.81. The van der Waals surface area contributed by atoms with E-state index in [0.717, 1.165) is 22.6 Å². The van der Waals surface area contributed by atoms with Crippen molar-refractivity contribution >= 4 is 17.3 Å². The largest absolute Gasteiger partial charge is 0.508 e. The van der Waals surface area contributed by atoms with Crippen LogP contribution in [0.2, 0.25) is 5.02 Å². The van der Waals surface area contributed by atoms with Crippen LogP contribution in [0.5, 0.6) is 11.5 Å². The third-order valence-corrected chi connectivity index (χ3v) is 4.70. The maximum absolute atomic E-state index is 10.3. The maximum atomic E-state index is 10.3. The molecule has 1 aliphatic heterocycles. The van der Waals surface area contributed by atoms with Gasteiger partial charge < -0.3 is 9.84 Å². The second-order valence-electron chi connectivity index (χ2n) is 6.62. The van der Waals surface area contributed by atoms with Crippen LogP contribution in [0.3, 0.4) is 0 Å². The van der Waals surface area contributed by atoms with Gasteiger partial charge in [-0.15, -0.1) is 0 Å². The van der Waals surface area contributed by atoms with E-state index in [4.69, 9.17) is 21.3 Å². The van der Waals surface area contributed by atoms with Crippen LogP contribution in [0.25, 0.3) is 0 Å². The zero-order valence-electron chi connectivity index (χ0n) is 14.7. The summed E-state index contributed by atoms with van der Waals surface area (Å²) in [5.41, 5.74) is 2.84. The Morgan fingerprint density at radius 3 is 2.76 bits per heavy atom. The zero-order chi connectivity index (χ0) is 18.0. The van der Waals surface area contributed by atoms with Gasteiger partial charge in [-0.25, -0.2) is 0 Å². The number of phenolic OH excluding ortho intramolecular Hbond substituents is 1. The number of aliphatic imine (C=N–C) groups is 1. The van der Waals surface area contributed by atoms with E-state index >= 15 is 0 Å². The van der Waals surface area contributed by atoms with Crippen molar-refractivity contribution in [2.24, 2.45) is 10.9 Å². The maximum Gasteiger partial charge on any atom is 0.120 e. The molecule has 0 unspecified atom stereocenters. The molecule has 2 aromatic rings. The molecule has 3 rings (SSSR count). The Bertz CT molecular complexity index is 789. The van der Waals surface area contributed by atoms with Crippen LogP contribution in [-0.2, 0) is 0 Å². The Labute approximate surface area is 153 Å². The van der Waals surface area contributed by atoms with Crippen LogP contribution >= 0.6 is 11.6 Å². The Kier molecular flexibility index (Phi) is 5.30. The van der Waals surface area contributed by atoms with Crippen LogP contribution in [0.15, 0.2) is 47.5 Å². The molecule has 1 aliphatic rings. The van der Waals surface area contributed by atoms with Crippen LogP contribution in [-0.4, -0.2) is 24.1 Å². The lowest BCUT2D eigenvalue weighted by Crippen LogP contribution is -2.41. The molecule has 1 heterocycles. The molecular weight excluding hydrogens is 336 g/mol. The summed E-state index contributed by atoms with van der Waals surface area (Å²) in [6.07, 6.45) is 0.642. The monoisotopic (exact) mass is 358 g/mol. The predicted octanol–water partition coefficient (Wildman–Crippen LogP) is 4.56. The van der Waals surface area contributed by atoms with Crippen LogP contribution in [0.4, 0.5) is 0 Å². The summed E-state index contributed by atoms with van der Waals surface area (Å²) in [6, 6.07) is 13.0. The molecule has 2 aromatic carbocycles. The van der Waals surface area contributed by atoms with Gasteiger partial charge in [0.05, 0.1) is 7.11 Å². The number of rotatable bonds is 4. The number of hydrogen-bond acceptors (Lipinski definition) is 4. The molecule has 0 radical (unpaired) electrons. The minimum Gasteiger partial charge on any atom is -0.508 e. The van der Waals surface area contributed by atoms with E-state index in [9.17, 15) is 5.11 Å². The molecule has 2 N–H and O–H groups in total. The number of hydrogen-bond donors (Lipinski definition) is 2. The van der Waals surface area contributed by atoms with E-state index in [0.29, 0.717) is 17.4 Å². The van der Waals surface area contributed by atoms with Crippen molar-refractivity contribution in [3.05, 3.63) is 58.6 Å². The van der Waals surface area contributed by atoms with Gasteiger partial charge in [0, 0.05) is 28.8 Å². The van der Waals surface area contributed by atoms with Gasteiger partial charge in [0.2, 0.25) is 0 Å². The Balaban J connectivity index is 1.99. The summed E-state index contributed by atoms with van der Waals surface area (Å²) in [7, 11) is 1.66. The van der Waals surface area contributed by atoms with Crippen molar-refractivity contribution in [3.63, 3.8) is 0 Å². The van der Waals surface area contributed by atoms with Gasteiger partial charge in [0.1, 0.15) is 17.7 Å². The van der Waals surface area contributed by atoms with Crippen molar-refractivity contribution < 1.29 is 9.84 Å². The SMILES string of the molecule is COc1cccc(C2=N[C@@H](C(C)C)N[C@@H](c3cc(Cl)ccc3O)C2)c1. The highest BCUT2D eigenvalue weighted by molar-refractivity contribution is 6.30. The third kappa shape index (κ3) is 3.97. The highest BCUT2D eigenvalue weighted by Gasteiger charge is 2.28. The molecule has 0 amide bonds. The van der Waals surface area contributed by atoms with Crippen LogP contribution in [0, 0.1) is 5.92 Å². The number of nitrogens with one attached hydrogen (secondary N) is 1. The number of nitrogens with zero attached hydrogens (tertiary/aromatic N) is 1. The quantitative estimate of drug-likeness (QED) is 0.842. The molecule has 4 nitrogen and oxygen atoms in total. The van der Waals surface area contributed by atoms with E-state index < -0.39 is 0 Å². The summed E-state index contributed by atoms with van der Waals surface area (Å²) < 4.78 is 5.34. The molecule has 0 saturated heterocycles. The Hall–Kier alpha value is -2.04. The highest BCUT2D eigenvalue weighted by atomic mass is 35.5. The third-order valence-electron chi connectivity index (χ3n) is 4.46. The Morgan fingerprint density at radius 2 is 2.04 bits per heavy atom. The lowest BCUT2D eigenvalue weighted by molar-refractivity contribution is 0.345. The number of benzene rings is 2. The van der Waals surface area contributed by atoms with Gasteiger partial charge in [-0.3, -0.25) is 10.3 Å². The number of methoxy groups -OCH3 is 1. The molecule has 0 fully saturated rings. The van der Waals surface area contributed by atoms with E-state index in [1.165, 1.54) is 0 Å². The number of phenols is 1. The number of aromatic hydroxyl groups is 1. The molecule has 0 bridgehead atoms. The molecule has 2 atom stereocenters. The standard InChI is InChI=1S/C20H23ClN2O2/c1-12(2)20-22-17(13-5-4-6-15(9-13)25-3)11-18(23-20)16-10-14(21)7-8-19(16)24/h4-10,12,18,20,23-24H,11H2,1-3H3/t18-,20-/m1/s1. The van der Waals surface area contributed by atoms with Gasteiger partial charge in [-0.1, -0.05) is 37.6 Å². The molecule has 25 heavy (non-hydrogen) atoms. The average Bonchev–Trinajstić information content (AvgIpc) is 2.63. The van der Waals surface area contributed by atoms with Crippen molar-refractivity contribution in [1.29, 1.82) is 0 Å². The molecular formula is C20H23ClN2O2. The van der Waals surface area contributed by atoms with Gasteiger partial charge in [0.25, 0.3) is 0 Å². The van der Waals surface area contributed by atoms with Gasteiger partial charge in [-0.2, -0.15) is 0 Å². The highest BCUT2D eigenvalue weighted by Crippen LogP contribution is 2.34. The molecule has 0 aliphatic carbocycles. The molecule has 0 aromatic heterocycles. The zero-order valence-corrected chi connectivity index (χ0v) is 15.4.